The molecular weight excluding hydrogens is 418 g/mol. The maximum absolute atomic E-state index is 12.8. The van der Waals surface area contributed by atoms with Crippen molar-refractivity contribution in [2.75, 3.05) is 25.5 Å². The second-order valence-electron chi connectivity index (χ2n) is 6.07. The third kappa shape index (κ3) is 10.9. The van der Waals surface area contributed by atoms with Gasteiger partial charge in [0, 0.05) is 26.0 Å². The topological polar surface area (TPSA) is 162 Å². The number of ether oxygens (including phenoxy) is 2. The maximum Gasteiger partial charge on any atom is 0.326 e. The standard InChI is InChI=1S/C18H29N3O8S/c1-5-28-16(25)9-21(11(3)22)17(26)14(10-30-12(4)23)20-15(24)8-7-13(19)18(27)29-6-2/h13-14H,5-10,19H2,1-4H3,(H,20,24). The van der Waals surface area contributed by atoms with Gasteiger partial charge < -0.3 is 20.5 Å². The summed E-state index contributed by atoms with van der Waals surface area (Å²) in [7, 11) is 0. The second kappa shape index (κ2) is 14.5. The average molecular weight is 448 g/mol. The molecular formula is C18H29N3O8S. The minimum absolute atomic E-state index is 0.0231. The molecule has 0 aliphatic carbocycles. The Morgan fingerprint density at radius 3 is 2.13 bits per heavy atom. The predicted molar refractivity (Wildman–Crippen MR) is 108 cm³/mol. The van der Waals surface area contributed by atoms with Gasteiger partial charge in [-0.15, -0.1) is 0 Å². The quantitative estimate of drug-likeness (QED) is 0.368. The van der Waals surface area contributed by atoms with Gasteiger partial charge in [-0.3, -0.25) is 33.7 Å². The third-order valence-electron chi connectivity index (χ3n) is 3.60. The van der Waals surface area contributed by atoms with E-state index in [2.05, 4.69) is 5.32 Å². The van der Waals surface area contributed by atoms with Crippen molar-refractivity contribution < 1.29 is 38.2 Å². The SMILES string of the molecule is CCOC(=O)CN(C(C)=O)C(=O)C(CSC(C)=O)NC(=O)CCC(N)C(=O)OCC. The molecule has 0 aliphatic rings. The molecule has 0 fully saturated rings. The summed E-state index contributed by atoms with van der Waals surface area (Å²) in [6.07, 6.45) is -0.211. The molecule has 3 N–H and O–H groups in total. The molecule has 2 atom stereocenters. The van der Waals surface area contributed by atoms with E-state index in [0.29, 0.717) is 4.90 Å². The van der Waals surface area contributed by atoms with Gasteiger partial charge in [-0.2, -0.15) is 0 Å². The van der Waals surface area contributed by atoms with Crippen molar-refractivity contribution in [3.63, 3.8) is 0 Å². The number of hydrogen-bond acceptors (Lipinski definition) is 10. The Morgan fingerprint density at radius 1 is 1.03 bits per heavy atom. The number of carbonyl (C=O) groups is 6. The van der Waals surface area contributed by atoms with Crippen LogP contribution < -0.4 is 11.1 Å². The lowest BCUT2D eigenvalue weighted by atomic mass is 10.1. The molecule has 2 unspecified atom stereocenters. The lowest BCUT2D eigenvalue weighted by Crippen LogP contribution is -2.53. The monoisotopic (exact) mass is 447 g/mol. The van der Waals surface area contributed by atoms with Crippen LogP contribution in [-0.2, 0) is 38.2 Å². The number of rotatable bonds is 12. The van der Waals surface area contributed by atoms with Crippen LogP contribution in [0.5, 0.6) is 0 Å². The van der Waals surface area contributed by atoms with Gasteiger partial charge in [-0.05, 0) is 20.3 Å². The predicted octanol–water partition coefficient (Wildman–Crippen LogP) is -0.640. The summed E-state index contributed by atoms with van der Waals surface area (Å²) in [5.74, 6) is -3.77. The Labute approximate surface area is 179 Å². The summed E-state index contributed by atoms with van der Waals surface area (Å²) in [4.78, 5) is 72.0. The maximum atomic E-state index is 12.8. The highest BCUT2D eigenvalue weighted by Gasteiger charge is 2.31. The number of hydrogen-bond donors (Lipinski definition) is 2. The molecule has 0 heterocycles. The molecule has 0 rings (SSSR count). The number of nitrogens with two attached hydrogens (primary N) is 1. The van der Waals surface area contributed by atoms with E-state index < -0.39 is 48.3 Å². The number of esters is 2. The Morgan fingerprint density at radius 2 is 1.63 bits per heavy atom. The van der Waals surface area contributed by atoms with Crippen LogP contribution in [0.1, 0.15) is 40.5 Å². The summed E-state index contributed by atoms with van der Waals surface area (Å²) < 4.78 is 9.51. The Balaban J connectivity index is 5.17. The number of amides is 3. The molecule has 12 heteroatoms. The largest absolute Gasteiger partial charge is 0.465 e. The zero-order valence-corrected chi connectivity index (χ0v) is 18.4. The number of nitrogens with zero attached hydrogens (tertiary/aromatic N) is 1. The van der Waals surface area contributed by atoms with E-state index in [4.69, 9.17) is 15.2 Å². The Kier molecular flexibility index (Phi) is 13.3. The van der Waals surface area contributed by atoms with Crippen LogP contribution in [0.4, 0.5) is 0 Å². The highest BCUT2D eigenvalue weighted by atomic mass is 32.2. The smallest absolute Gasteiger partial charge is 0.326 e. The van der Waals surface area contributed by atoms with Gasteiger partial charge in [0.25, 0.3) is 5.91 Å². The lowest BCUT2D eigenvalue weighted by Gasteiger charge is -2.24. The molecule has 0 aromatic rings. The number of thioether (sulfide) groups is 1. The number of imide groups is 1. The summed E-state index contributed by atoms with van der Waals surface area (Å²) in [6.45, 7) is 5.18. The number of nitrogens with one attached hydrogen (secondary N) is 1. The van der Waals surface area contributed by atoms with Gasteiger partial charge in [0.1, 0.15) is 18.6 Å². The third-order valence-corrected chi connectivity index (χ3v) is 4.50. The van der Waals surface area contributed by atoms with Crippen LogP contribution in [-0.4, -0.2) is 77.3 Å². The summed E-state index contributed by atoms with van der Waals surface area (Å²) in [6, 6.07) is -2.25. The average Bonchev–Trinajstić information content (AvgIpc) is 2.66. The van der Waals surface area contributed by atoms with Crippen LogP contribution in [0, 0.1) is 0 Å². The van der Waals surface area contributed by atoms with E-state index in [9.17, 15) is 28.8 Å². The first-order valence-corrected chi connectivity index (χ1v) is 10.3. The molecule has 0 aromatic heterocycles. The molecule has 3 amide bonds. The zero-order valence-electron chi connectivity index (χ0n) is 17.6. The molecule has 0 spiro atoms. The fraction of sp³-hybridized carbons (Fsp3) is 0.667. The molecule has 0 aliphatic heterocycles. The molecule has 11 nitrogen and oxygen atoms in total. The van der Waals surface area contributed by atoms with Crippen molar-refractivity contribution in [1.82, 2.24) is 10.2 Å². The highest BCUT2D eigenvalue weighted by Crippen LogP contribution is 2.09. The Hall–Kier alpha value is -2.47. The molecule has 0 saturated carbocycles. The van der Waals surface area contributed by atoms with Gasteiger partial charge in [-0.1, -0.05) is 11.8 Å². The number of carbonyl (C=O) groups excluding carboxylic acids is 6. The van der Waals surface area contributed by atoms with Crippen molar-refractivity contribution in [2.24, 2.45) is 5.73 Å². The summed E-state index contributed by atoms with van der Waals surface area (Å²) in [5, 5.41) is 2.12. The van der Waals surface area contributed by atoms with Gasteiger partial charge in [-0.25, -0.2) is 0 Å². The van der Waals surface area contributed by atoms with Gasteiger partial charge in [0.05, 0.1) is 13.2 Å². The van der Waals surface area contributed by atoms with E-state index in [-0.39, 0.29) is 36.9 Å². The van der Waals surface area contributed by atoms with Crippen molar-refractivity contribution in [2.45, 2.75) is 52.6 Å². The fourth-order valence-electron chi connectivity index (χ4n) is 2.16. The van der Waals surface area contributed by atoms with Crippen molar-refractivity contribution in [3.8, 4) is 0 Å². The van der Waals surface area contributed by atoms with Crippen LogP contribution in [0.2, 0.25) is 0 Å². The first kappa shape index (κ1) is 27.5. The highest BCUT2D eigenvalue weighted by molar-refractivity contribution is 8.13. The van der Waals surface area contributed by atoms with E-state index in [1.807, 2.05) is 0 Å². The van der Waals surface area contributed by atoms with E-state index in [1.165, 1.54) is 6.92 Å². The summed E-state index contributed by atoms with van der Waals surface area (Å²) in [5.41, 5.74) is 5.64. The van der Waals surface area contributed by atoms with Crippen LogP contribution >= 0.6 is 11.8 Å². The fourth-order valence-corrected chi connectivity index (χ4v) is 2.79. The normalized spacial score (nSPS) is 12.3. The molecule has 0 radical (unpaired) electrons. The minimum Gasteiger partial charge on any atom is -0.465 e. The first-order valence-electron chi connectivity index (χ1n) is 9.35. The molecule has 0 bridgehead atoms. The van der Waals surface area contributed by atoms with Gasteiger partial charge >= 0.3 is 11.9 Å². The molecule has 0 aromatic carbocycles. The Bertz CT molecular complexity index is 655. The van der Waals surface area contributed by atoms with E-state index >= 15 is 0 Å². The van der Waals surface area contributed by atoms with E-state index in [0.717, 1.165) is 18.7 Å². The van der Waals surface area contributed by atoms with Gasteiger partial charge in [0.15, 0.2) is 5.12 Å². The van der Waals surface area contributed by atoms with Gasteiger partial charge in [0.2, 0.25) is 11.8 Å². The van der Waals surface area contributed by atoms with Crippen LogP contribution in [0.15, 0.2) is 0 Å². The second-order valence-corrected chi connectivity index (χ2v) is 7.27. The molecule has 170 valence electrons. The van der Waals surface area contributed by atoms with Crippen molar-refractivity contribution in [1.29, 1.82) is 0 Å². The van der Waals surface area contributed by atoms with Crippen molar-refractivity contribution in [3.05, 3.63) is 0 Å². The zero-order chi connectivity index (χ0) is 23.3. The lowest BCUT2D eigenvalue weighted by molar-refractivity contribution is -0.155. The van der Waals surface area contributed by atoms with Crippen LogP contribution in [0.25, 0.3) is 0 Å². The van der Waals surface area contributed by atoms with Crippen molar-refractivity contribution >= 4 is 46.5 Å². The minimum atomic E-state index is -1.25. The molecule has 0 saturated heterocycles. The van der Waals surface area contributed by atoms with Crippen LogP contribution in [0.3, 0.4) is 0 Å². The molecule has 30 heavy (non-hydrogen) atoms. The van der Waals surface area contributed by atoms with E-state index in [1.54, 1.807) is 13.8 Å². The summed E-state index contributed by atoms with van der Waals surface area (Å²) >= 11 is 0.776. The first-order chi connectivity index (χ1) is 14.0.